The number of thiophene rings is 2. The molecule has 2 aromatic rings. The first-order valence-electron chi connectivity index (χ1n) is 9.51. The van der Waals surface area contributed by atoms with Crippen LogP contribution in [0, 0.1) is 0 Å². The summed E-state index contributed by atoms with van der Waals surface area (Å²) in [5.41, 5.74) is 1.25. The zero-order valence-corrected chi connectivity index (χ0v) is 17.2. The van der Waals surface area contributed by atoms with Crippen LogP contribution in [-0.2, 0) is 22.4 Å². The molecular weight excluding hydrogens is 396 g/mol. The second-order valence-electron chi connectivity index (χ2n) is 6.99. The van der Waals surface area contributed by atoms with E-state index in [9.17, 15) is 14.4 Å². The SMILES string of the molecule is O=C(OCC(=O)N1CCN(C(=O)c2cccs2)CC1)c1cc2c(s1)CCCC2. The molecule has 4 rings (SSSR count). The predicted octanol–water partition coefficient (Wildman–Crippen LogP) is 2.83. The van der Waals surface area contributed by atoms with Gasteiger partial charge in [-0.2, -0.15) is 0 Å². The first kappa shape index (κ1) is 19.1. The van der Waals surface area contributed by atoms with Crippen LogP contribution in [-0.4, -0.2) is 60.4 Å². The third-order valence-electron chi connectivity index (χ3n) is 5.18. The molecule has 2 aliphatic rings. The van der Waals surface area contributed by atoms with E-state index in [0.717, 1.165) is 19.3 Å². The van der Waals surface area contributed by atoms with E-state index in [1.165, 1.54) is 39.5 Å². The Balaban J connectivity index is 1.25. The molecule has 28 heavy (non-hydrogen) atoms. The number of carbonyl (C=O) groups is 3. The van der Waals surface area contributed by atoms with Crippen molar-refractivity contribution in [2.24, 2.45) is 0 Å². The lowest BCUT2D eigenvalue weighted by Crippen LogP contribution is -2.51. The van der Waals surface area contributed by atoms with Crippen LogP contribution in [0.3, 0.4) is 0 Å². The molecule has 0 aromatic carbocycles. The third-order valence-corrected chi connectivity index (χ3v) is 7.25. The van der Waals surface area contributed by atoms with Gasteiger partial charge in [0.2, 0.25) is 0 Å². The minimum Gasteiger partial charge on any atom is -0.451 e. The van der Waals surface area contributed by atoms with Crippen LogP contribution in [0.2, 0.25) is 0 Å². The van der Waals surface area contributed by atoms with Crippen molar-refractivity contribution in [3.8, 4) is 0 Å². The number of hydrogen-bond donors (Lipinski definition) is 0. The van der Waals surface area contributed by atoms with Crippen molar-refractivity contribution in [1.82, 2.24) is 9.80 Å². The molecule has 2 amide bonds. The molecule has 1 aliphatic carbocycles. The first-order chi connectivity index (χ1) is 13.6. The van der Waals surface area contributed by atoms with Gasteiger partial charge in [-0.25, -0.2) is 4.79 Å². The van der Waals surface area contributed by atoms with E-state index < -0.39 is 5.97 Å². The van der Waals surface area contributed by atoms with E-state index in [2.05, 4.69) is 0 Å². The summed E-state index contributed by atoms with van der Waals surface area (Å²) in [6.07, 6.45) is 4.38. The van der Waals surface area contributed by atoms with Crippen LogP contribution in [0.15, 0.2) is 23.6 Å². The molecule has 1 fully saturated rings. The largest absolute Gasteiger partial charge is 0.451 e. The number of hydrogen-bond acceptors (Lipinski definition) is 6. The summed E-state index contributed by atoms with van der Waals surface area (Å²) in [6, 6.07) is 5.59. The Bertz CT molecular complexity index is 843. The van der Waals surface area contributed by atoms with E-state index in [1.54, 1.807) is 9.80 Å². The lowest BCUT2D eigenvalue weighted by Gasteiger charge is -2.34. The van der Waals surface area contributed by atoms with Gasteiger partial charge < -0.3 is 14.5 Å². The summed E-state index contributed by atoms with van der Waals surface area (Å²) in [7, 11) is 0. The standard InChI is InChI=1S/C20H22N2O4S2/c23-18(13-26-20(25)17-12-14-4-1-2-5-15(14)28-17)21-7-9-22(10-8-21)19(24)16-6-3-11-27-16/h3,6,11-12H,1-2,4-5,7-10,13H2. The van der Waals surface area contributed by atoms with Crippen LogP contribution >= 0.6 is 22.7 Å². The molecule has 8 heteroatoms. The van der Waals surface area contributed by atoms with Gasteiger partial charge in [-0.3, -0.25) is 9.59 Å². The molecule has 3 heterocycles. The number of amides is 2. The summed E-state index contributed by atoms with van der Waals surface area (Å²) in [5, 5.41) is 1.88. The Hall–Kier alpha value is -2.19. The first-order valence-corrected chi connectivity index (χ1v) is 11.2. The second-order valence-corrected chi connectivity index (χ2v) is 9.08. The van der Waals surface area contributed by atoms with E-state index in [-0.39, 0.29) is 18.4 Å². The fraction of sp³-hybridized carbons (Fsp3) is 0.450. The maximum atomic E-state index is 12.4. The van der Waals surface area contributed by atoms with Crippen LogP contribution in [0.5, 0.6) is 0 Å². The molecular formula is C20H22N2O4S2. The van der Waals surface area contributed by atoms with Gasteiger partial charge in [0.05, 0.1) is 4.88 Å². The van der Waals surface area contributed by atoms with Gasteiger partial charge in [0, 0.05) is 31.1 Å². The van der Waals surface area contributed by atoms with Crippen LogP contribution in [0.25, 0.3) is 0 Å². The van der Waals surface area contributed by atoms with E-state index in [1.807, 2.05) is 23.6 Å². The van der Waals surface area contributed by atoms with Crippen molar-refractivity contribution in [3.05, 3.63) is 43.8 Å². The molecule has 148 valence electrons. The molecule has 1 saturated heterocycles. The Morgan fingerprint density at radius 2 is 1.75 bits per heavy atom. The number of piperazine rings is 1. The Morgan fingerprint density at radius 1 is 1.00 bits per heavy atom. The molecule has 0 spiro atoms. The highest BCUT2D eigenvalue weighted by Gasteiger charge is 2.26. The van der Waals surface area contributed by atoms with Gasteiger partial charge >= 0.3 is 5.97 Å². The average Bonchev–Trinajstić information content (AvgIpc) is 3.41. The Labute approximate surface area is 171 Å². The van der Waals surface area contributed by atoms with Crippen molar-refractivity contribution in [3.63, 3.8) is 0 Å². The molecule has 0 N–H and O–H groups in total. The maximum Gasteiger partial charge on any atom is 0.348 e. The Morgan fingerprint density at radius 3 is 2.46 bits per heavy atom. The summed E-state index contributed by atoms with van der Waals surface area (Å²) in [6.45, 7) is 1.66. The van der Waals surface area contributed by atoms with Crippen LogP contribution in [0.4, 0.5) is 0 Å². The highest BCUT2D eigenvalue weighted by atomic mass is 32.1. The number of aryl methyl sites for hydroxylation is 2. The highest BCUT2D eigenvalue weighted by Crippen LogP contribution is 2.30. The van der Waals surface area contributed by atoms with Crippen molar-refractivity contribution < 1.29 is 19.1 Å². The van der Waals surface area contributed by atoms with E-state index >= 15 is 0 Å². The number of nitrogens with zero attached hydrogens (tertiary/aromatic N) is 2. The van der Waals surface area contributed by atoms with Gasteiger partial charge in [-0.05, 0) is 48.8 Å². The quantitative estimate of drug-likeness (QED) is 0.716. The second kappa shape index (κ2) is 8.45. The summed E-state index contributed by atoms with van der Waals surface area (Å²) >= 11 is 2.91. The van der Waals surface area contributed by atoms with Crippen molar-refractivity contribution in [2.75, 3.05) is 32.8 Å². The summed E-state index contributed by atoms with van der Waals surface area (Å²) < 4.78 is 5.26. The monoisotopic (exact) mass is 418 g/mol. The molecule has 2 aromatic heterocycles. The topological polar surface area (TPSA) is 66.9 Å². The van der Waals surface area contributed by atoms with Crippen LogP contribution < -0.4 is 0 Å². The maximum absolute atomic E-state index is 12.4. The fourth-order valence-electron chi connectivity index (χ4n) is 3.60. The number of esters is 1. The van der Waals surface area contributed by atoms with Crippen LogP contribution in [0.1, 0.15) is 42.6 Å². The minimum absolute atomic E-state index is 0.00943. The normalized spacial score (nSPS) is 16.6. The smallest absolute Gasteiger partial charge is 0.348 e. The predicted molar refractivity (Wildman–Crippen MR) is 108 cm³/mol. The van der Waals surface area contributed by atoms with Crippen molar-refractivity contribution >= 4 is 40.5 Å². The minimum atomic E-state index is -0.417. The van der Waals surface area contributed by atoms with Gasteiger partial charge in [0.1, 0.15) is 4.88 Å². The van der Waals surface area contributed by atoms with Gasteiger partial charge in [0.15, 0.2) is 6.61 Å². The molecule has 6 nitrogen and oxygen atoms in total. The molecule has 0 unspecified atom stereocenters. The number of carbonyl (C=O) groups excluding carboxylic acids is 3. The van der Waals surface area contributed by atoms with E-state index in [0.29, 0.717) is 35.9 Å². The fourth-order valence-corrected chi connectivity index (χ4v) is 5.43. The molecule has 0 bridgehead atoms. The molecule has 0 atom stereocenters. The lowest BCUT2D eigenvalue weighted by molar-refractivity contribution is -0.136. The van der Waals surface area contributed by atoms with Gasteiger partial charge in [-0.15, -0.1) is 22.7 Å². The van der Waals surface area contributed by atoms with E-state index in [4.69, 9.17) is 4.74 Å². The number of ether oxygens (including phenoxy) is 1. The summed E-state index contributed by atoms with van der Waals surface area (Å²) in [5.74, 6) is -0.618. The average molecular weight is 419 g/mol. The third kappa shape index (κ3) is 4.12. The van der Waals surface area contributed by atoms with Gasteiger partial charge in [0.25, 0.3) is 11.8 Å². The number of fused-ring (bicyclic) bond motifs is 1. The zero-order valence-electron chi connectivity index (χ0n) is 15.5. The van der Waals surface area contributed by atoms with Gasteiger partial charge in [-0.1, -0.05) is 6.07 Å². The molecule has 0 radical (unpaired) electrons. The molecule has 1 aliphatic heterocycles. The number of rotatable bonds is 4. The zero-order chi connectivity index (χ0) is 19.5. The Kier molecular flexibility index (Phi) is 5.77. The van der Waals surface area contributed by atoms with Crippen molar-refractivity contribution in [1.29, 1.82) is 0 Å². The lowest BCUT2D eigenvalue weighted by atomic mass is 9.99. The van der Waals surface area contributed by atoms with Crippen molar-refractivity contribution in [2.45, 2.75) is 25.7 Å². The molecule has 0 saturated carbocycles. The highest BCUT2D eigenvalue weighted by molar-refractivity contribution is 7.14. The summed E-state index contributed by atoms with van der Waals surface area (Å²) in [4.78, 5) is 43.0.